The Morgan fingerprint density at radius 2 is 1.78 bits per heavy atom. The molecule has 0 spiro atoms. The molecule has 0 saturated carbocycles. The van der Waals surface area contributed by atoms with Crippen LogP contribution in [-0.4, -0.2) is 74.7 Å². The number of piperidine rings is 1. The van der Waals surface area contributed by atoms with Crippen molar-refractivity contribution in [3.05, 3.63) is 23.8 Å². The average molecular weight is 384 g/mol. The summed E-state index contributed by atoms with van der Waals surface area (Å²) >= 11 is 0. The first-order valence-corrected chi connectivity index (χ1v) is 9.13. The lowest BCUT2D eigenvalue weighted by Gasteiger charge is -2.37. The zero-order valence-corrected chi connectivity index (χ0v) is 15.7. The van der Waals surface area contributed by atoms with Crippen molar-refractivity contribution in [2.45, 2.75) is 31.4 Å². The number of carbonyl (C=O) groups excluding carboxylic acids is 1. The monoisotopic (exact) mass is 384 g/mol. The molecule has 2 heterocycles. The molecule has 0 aliphatic carbocycles. The van der Waals surface area contributed by atoms with Gasteiger partial charge in [0.05, 0.1) is 20.8 Å². The maximum absolute atomic E-state index is 13.3. The number of alkyl halides is 2. The molecule has 1 unspecified atom stereocenters. The highest BCUT2D eigenvalue weighted by Crippen LogP contribution is 2.28. The van der Waals surface area contributed by atoms with E-state index in [2.05, 4.69) is 4.90 Å². The molecule has 2 fully saturated rings. The Balaban J connectivity index is 1.60. The van der Waals surface area contributed by atoms with Crippen LogP contribution in [0.3, 0.4) is 0 Å². The number of nitrogens with zero attached hydrogens (tertiary/aromatic N) is 2. The number of rotatable bonds is 5. The number of hydrogen-bond donors (Lipinski definition) is 0. The third-order valence-electron chi connectivity index (χ3n) is 5.05. The minimum atomic E-state index is -2.67. The standard InChI is InChI=1S/C19H26F2N2O4/c1-25-15-9-14(10-16(11-15)26-2)12-22-7-8-27-17(13-22)18(24)23-5-3-19(20,21)4-6-23/h9-11,17H,3-8,12-13H2,1-2H3. The van der Waals surface area contributed by atoms with Crippen molar-refractivity contribution in [3.8, 4) is 11.5 Å². The van der Waals surface area contributed by atoms with Gasteiger partial charge in [-0.15, -0.1) is 0 Å². The van der Waals surface area contributed by atoms with Gasteiger partial charge >= 0.3 is 0 Å². The first kappa shape index (κ1) is 19.8. The number of benzene rings is 1. The minimum absolute atomic E-state index is 0.0821. The predicted octanol–water partition coefficient (Wildman–Crippen LogP) is 2.16. The molecule has 1 atom stereocenters. The van der Waals surface area contributed by atoms with Gasteiger partial charge in [0.1, 0.15) is 17.6 Å². The Labute approximate surface area is 158 Å². The van der Waals surface area contributed by atoms with Crippen molar-refractivity contribution in [1.82, 2.24) is 9.80 Å². The van der Waals surface area contributed by atoms with Crippen molar-refractivity contribution >= 4 is 5.91 Å². The van der Waals surface area contributed by atoms with Gasteiger partial charge in [-0.05, 0) is 17.7 Å². The highest BCUT2D eigenvalue weighted by atomic mass is 19.3. The Hall–Kier alpha value is -1.93. The van der Waals surface area contributed by atoms with E-state index in [1.165, 1.54) is 4.90 Å². The van der Waals surface area contributed by atoms with E-state index >= 15 is 0 Å². The molecule has 0 bridgehead atoms. The van der Waals surface area contributed by atoms with Crippen molar-refractivity contribution < 1.29 is 27.8 Å². The SMILES string of the molecule is COc1cc(CN2CCOC(C(=O)N3CCC(F)(F)CC3)C2)cc(OC)c1. The normalized spacial score (nSPS) is 23.1. The van der Waals surface area contributed by atoms with E-state index in [-0.39, 0.29) is 31.8 Å². The first-order chi connectivity index (χ1) is 12.9. The minimum Gasteiger partial charge on any atom is -0.497 e. The van der Waals surface area contributed by atoms with Crippen LogP contribution in [0.2, 0.25) is 0 Å². The molecule has 0 radical (unpaired) electrons. The fraction of sp³-hybridized carbons (Fsp3) is 0.632. The second kappa shape index (κ2) is 8.39. The zero-order chi connectivity index (χ0) is 19.4. The fourth-order valence-corrected chi connectivity index (χ4v) is 3.47. The largest absolute Gasteiger partial charge is 0.497 e. The molecule has 2 aliphatic heterocycles. The van der Waals surface area contributed by atoms with Gasteiger partial charge in [-0.2, -0.15) is 0 Å². The number of hydrogen-bond acceptors (Lipinski definition) is 5. The van der Waals surface area contributed by atoms with Crippen LogP contribution in [0.5, 0.6) is 11.5 Å². The smallest absolute Gasteiger partial charge is 0.253 e. The van der Waals surface area contributed by atoms with Crippen molar-refractivity contribution in [1.29, 1.82) is 0 Å². The molecule has 6 nitrogen and oxygen atoms in total. The summed E-state index contributed by atoms with van der Waals surface area (Å²) in [5.41, 5.74) is 1.01. The fourth-order valence-electron chi connectivity index (χ4n) is 3.47. The van der Waals surface area contributed by atoms with Crippen LogP contribution in [0, 0.1) is 0 Å². The summed E-state index contributed by atoms with van der Waals surface area (Å²) in [7, 11) is 3.20. The summed E-state index contributed by atoms with van der Waals surface area (Å²) in [5.74, 6) is -1.45. The highest BCUT2D eigenvalue weighted by molar-refractivity contribution is 5.81. The van der Waals surface area contributed by atoms with Gasteiger partial charge in [0.2, 0.25) is 0 Å². The molecule has 2 saturated heterocycles. The van der Waals surface area contributed by atoms with Gasteiger partial charge in [-0.25, -0.2) is 8.78 Å². The molecular formula is C19H26F2N2O4. The molecule has 1 aromatic rings. The molecule has 150 valence electrons. The van der Waals surface area contributed by atoms with Gasteiger partial charge in [-0.1, -0.05) is 0 Å². The number of likely N-dealkylation sites (tertiary alicyclic amines) is 1. The molecule has 3 rings (SSSR count). The molecule has 1 aromatic carbocycles. The van der Waals surface area contributed by atoms with E-state index in [1.54, 1.807) is 20.3 Å². The summed E-state index contributed by atoms with van der Waals surface area (Å²) < 4.78 is 42.9. The number of carbonyl (C=O) groups is 1. The summed E-state index contributed by atoms with van der Waals surface area (Å²) in [5, 5.41) is 0. The van der Waals surface area contributed by atoms with Crippen LogP contribution in [-0.2, 0) is 16.1 Å². The Morgan fingerprint density at radius 1 is 1.15 bits per heavy atom. The third-order valence-corrected chi connectivity index (χ3v) is 5.05. The van der Waals surface area contributed by atoms with Gasteiger partial charge < -0.3 is 19.1 Å². The van der Waals surface area contributed by atoms with E-state index < -0.39 is 12.0 Å². The molecular weight excluding hydrogens is 358 g/mol. The number of morpholine rings is 1. The van der Waals surface area contributed by atoms with Gasteiger partial charge in [-0.3, -0.25) is 9.69 Å². The Kier molecular flexibility index (Phi) is 6.16. The van der Waals surface area contributed by atoms with Gasteiger partial charge in [0, 0.05) is 51.6 Å². The van der Waals surface area contributed by atoms with E-state index in [0.29, 0.717) is 37.7 Å². The lowest BCUT2D eigenvalue weighted by molar-refractivity contribution is -0.155. The maximum atomic E-state index is 13.3. The van der Waals surface area contributed by atoms with Crippen LogP contribution >= 0.6 is 0 Å². The molecule has 1 amide bonds. The Morgan fingerprint density at radius 3 is 2.37 bits per heavy atom. The number of halogens is 2. The van der Waals surface area contributed by atoms with E-state index in [4.69, 9.17) is 14.2 Å². The zero-order valence-electron chi connectivity index (χ0n) is 15.7. The summed E-state index contributed by atoms with van der Waals surface area (Å²) in [6, 6.07) is 5.67. The quantitative estimate of drug-likeness (QED) is 0.779. The van der Waals surface area contributed by atoms with Crippen LogP contribution < -0.4 is 9.47 Å². The Bertz CT molecular complexity index is 639. The van der Waals surface area contributed by atoms with E-state index in [9.17, 15) is 13.6 Å². The second-order valence-corrected chi connectivity index (χ2v) is 7.00. The van der Waals surface area contributed by atoms with Crippen molar-refractivity contribution in [2.75, 3.05) is 47.0 Å². The molecule has 2 aliphatic rings. The number of methoxy groups -OCH3 is 2. The molecule has 0 N–H and O–H groups in total. The third kappa shape index (κ3) is 5.07. The average Bonchev–Trinajstić information content (AvgIpc) is 2.67. The maximum Gasteiger partial charge on any atom is 0.253 e. The van der Waals surface area contributed by atoms with Gasteiger partial charge in [0.25, 0.3) is 11.8 Å². The number of amides is 1. The van der Waals surface area contributed by atoms with E-state index in [1.807, 2.05) is 12.1 Å². The van der Waals surface area contributed by atoms with Crippen LogP contribution in [0.4, 0.5) is 8.78 Å². The lowest BCUT2D eigenvalue weighted by atomic mass is 10.1. The second-order valence-electron chi connectivity index (χ2n) is 7.00. The first-order valence-electron chi connectivity index (χ1n) is 9.13. The topological polar surface area (TPSA) is 51.2 Å². The summed E-state index contributed by atoms with van der Waals surface area (Å²) in [4.78, 5) is 16.3. The summed E-state index contributed by atoms with van der Waals surface area (Å²) in [6.45, 7) is 2.35. The van der Waals surface area contributed by atoms with Crippen molar-refractivity contribution in [2.24, 2.45) is 0 Å². The van der Waals surface area contributed by atoms with E-state index in [0.717, 1.165) is 5.56 Å². The van der Waals surface area contributed by atoms with Gasteiger partial charge in [0.15, 0.2) is 0 Å². The van der Waals surface area contributed by atoms with Crippen LogP contribution in [0.25, 0.3) is 0 Å². The van der Waals surface area contributed by atoms with Crippen molar-refractivity contribution in [3.63, 3.8) is 0 Å². The lowest BCUT2D eigenvalue weighted by Crippen LogP contribution is -2.53. The molecule has 8 heteroatoms. The van der Waals surface area contributed by atoms with Crippen LogP contribution in [0.1, 0.15) is 18.4 Å². The summed E-state index contributed by atoms with van der Waals surface area (Å²) in [6.07, 6.45) is -1.17. The predicted molar refractivity (Wildman–Crippen MR) is 95.3 cm³/mol. The molecule has 0 aromatic heterocycles. The molecule has 27 heavy (non-hydrogen) atoms. The number of ether oxygens (including phenoxy) is 3. The van der Waals surface area contributed by atoms with Crippen LogP contribution in [0.15, 0.2) is 18.2 Å². The highest BCUT2D eigenvalue weighted by Gasteiger charge is 2.38.